The van der Waals surface area contributed by atoms with E-state index in [1.807, 2.05) is 19.9 Å². The molecule has 3 heterocycles. The molecule has 2 aromatic heterocycles. The normalized spacial score (nSPS) is 13.7. The number of hydrogen-bond acceptors (Lipinski definition) is 7. The van der Waals surface area contributed by atoms with Crippen molar-refractivity contribution in [1.29, 1.82) is 0 Å². The summed E-state index contributed by atoms with van der Waals surface area (Å²) in [4.78, 5) is 36.4. The average molecular weight is 574 g/mol. The Morgan fingerprint density at radius 3 is 1.97 bits per heavy atom. The lowest BCUT2D eigenvalue weighted by Gasteiger charge is -2.18. The quantitative estimate of drug-likeness (QED) is 0.380. The Morgan fingerprint density at radius 2 is 1.55 bits per heavy atom. The second-order valence-corrected chi connectivity index (χ2v) is 8.89. The number of halogens is 6. The summed E-state index contributed by atoms with van der Waals surface area (Å²) in [6, 6.07) is 4.12. The number of carbonyl (C=O) groups is 3. The Hall–Kier alpha value is -3.40. The summed E-state index contributed by atoms with van der Waals surface area (Å²) in [6.07, 6.45) is -8.47. The van der Waals surface area contributed by atoms with Crippen molar-refractivity contribution in [2.45, 2.75) is 51.6 Å². The number of aromatic carboxylic acids is 1. The third kappa shape index (κ3) is 11.3. The van der Waals surface area contributed by atoms with Gasteiger partial charge in [-0.2, -0.15) is 37.7 Å². The van der Waals surface area contributed by atoms with Crippen molar-refractivity contribution in [3.05, 3.63) is 45.3 Å². The molecule has 0 aromatic carbocycles. The number of hydrogen-bond donors (Lipinski definition) is 4. The Kier molecular flexibility index (Phi) is 12.0. The topological polar surface area (TPSA) is 140 Å². The first-order valence-electron chi connectivity index (χ1n) is 10.8. The van der Waals surface area contributed by atoms with Gasteiger partial charge in [-0.1, -0.05) is 0 Å². The van der Waals surface area contributed by atoms with E-state index in [0.717, 1.165) is 43.7 Å². The second-order valence-electron chi connectivity index (χ2n) is 8.11. The van der Waals surface area contributed by atoms with Gasteiger partial charge in [0, 0.05) is 37.8 Å². The number of anilines is 1. The first-order valence-corrected chi connectivity index (χ1v) is 11.7. The van der Waals surface area contributed by atoms with Crippen LogP contribution in [-0.2, 0) is 29.0 Å². The summed E-state index contributed by atoms with van der Waals surface area (Å²) >= 11 is 1.72. The summed E-state index contributed by atoms with van der Waals surface area (Å²) < 4.78 is 63.5. The summed E-state index contributed by atoms with van der Waals surface area (Å²) in [5.41, 5.74) is 3.70. The molecule has 3 rings (SSSR count). The molecular weight excluding hydrogens is 548 g/mol. The minimum Gasteiger partial charge on any atom is -0.478 e. The first kappa shape index (κ1) is 32.6. The molecule has 38 heavy (non-hydrogen) atoms. The molecule has 4 N–H and O–H groups in total. The minimum atomic E-state index is -5.08. The molecule has 0 bridgehead atoms. The maximum absolute atomic E-state index is 11.6. The maximum Gasteiger partial charge on any atom is 0.490 e. The molecule has 1 aliphatic rings. The molecule has 0 amide bonds. The summed E-state index contributed by atoms with van der Waals surface area (Å²) in [6.45, 7) is 6.80. The van der Waals surface area contributed by atoms with Crippen molar-refractivity contribution in [3.8, 4) is 0 Å². The van der Waals surface area contributed by atoms with Gasteiger partial charge >= 0.3 is 30.3 Å². The lowest BCUT2D eigenvalue weighted by molar-refractivity contribution is -0.193. The third-order valence-corrected chi connectivity index (χ3v) is 5.41. The highest BCUT2D eigenvalue weighted by molar-refractivity contribution is 7.07. The molecule has 0 aliphatic carbocycles. The van der Waals surface area contributed by atoms with Crippen LogP contribution in [0.3, 0.4) is 0 Å². The second kappa shape index (κ2) is 13.9. The van der Waals surface area contributed by atoms with Gasteiger partial charge in [0.15, 0.2) is 0 Å². The van der Waals surface area contributed by atoms with Crippen molar-refractivity contribution in [2.75, 3.05) is 18.4 Å². The van der Waals surface area contributed by atoms with E-state index in [0.29, 0.717) is 5.82 Å². The van der Waals surface area contributed by atoms with Crippen LogP contribution in [-0.4, -0.2) is 74.6 Å². The van der Waals surface area contributed by atoms with Gasteiger partial charge < -0.3 is 20.6 Å². The third-order valence-electron chi connectivity index (χ3n) is 4.68. The molecule has 2 aromatic rings. The Bertz CT molecular complexity index is 1070. The molecular formula is C22H25F6N3O6S. The fourth-order valence-corrected chi connectivity index (χ4v) is 3.69. The van der Waals surface area contributed by atoms with Gasteiger partial charge in [0.25, 0.3) is 0 Å². The van der Waals surface area contributed by atoms with Gasteiger partial charge in [-0.3, -0.25) is 4.90 Å². The number of carboxylic acids is 3. The van der Waals surface area contributed by atoms with Crippen molar-refractivity contribution < 1.29 is 56.0 Å². The molecule has 9 nitrogen and oxygen atoms in total. The van der Waals surface area contributed by atoms with Crippen molar-refractivity contribution in [2.24, 2.45) is 0 Å². The highest BCUT2D eigenvalue weighted by Gasteiger charge is 2.38. The van der Waals surface area contributed by atoms with Crippen molar-refractivity contribution in [3.63, 3.8) is 0 Å². The largest absolute Gasteiger partial charge is 0.490 e. The van der Waals surface area contributed by atoms with Crippen LogP contribution in [0.4, 0.5) is 32.2 Å². The van der Waals surface area contributed by atoms with Gasteiger partial charge in [-0.15, -0.1) is 0 Å². The standard InChI is InChI=1S/C18H23N3O2S.2C2HF3O2/c1-12(2)19-17-15(18(22)23)9-14-3-6-21(7-4-16(14)20-17)10-13-5-8-24-11-13;2*3-2(4,5)1(6)7/h5,8-9,11-12H,3-4,6-7,10H2,1-2H3,(H,19,20)(H,22,23);2*(H,6,7). The van der Waals surface area contributed by atoms with Crippen LogP contribution >= 0.6 is 11.3 Å². The number of pyridine rings is 1. The van der Waals surface area contributed by atoms with Crippen LogP contribution in [0.1, 0.15) is 41.0 Å². The molecule has 1 aliphatic heterocycles. The zero-order valence-electron chi connectivity index (χ0n) is 20.1. The highest BCUT2D eigenvalue weighted by Crippen LogP contribution is 2.23. The average Bonchev–Trinajstić information content (AvgIpc) is 3.20. The number of aromatic nitrogens is 1. The van der Waals surface area contributed by atoms with E-state index in [1.54, 1.807) is 11.3 Å². The number of alkyl halides is 6. The number of carboxylic acid groups (broad SMARTS) is 3. The molecule has 212 valence electrons. The summed E-state index contributed by atoms with van der Waals surface area (Å²) in [5.74, 6) is -5.95. The Balaban J connectivity index is 0.000000426. The van der Waals surface area contributed by atoms with Crippen molar-refractivity contribution >= 4 is 35.1 Å². The van der Waals surface area contributed by atoms with Crippen LogP contribution < -0.4 is 5.32 Å². The molecule has 0 radical (unpaired) electrons. The van der Waals surface area contributed by atoms with Crippen LogP contribution in [0.5, 0.6) is 0 Å². The van der Waals surface area contributed by atoms with Gasteiger partial charge in [-0.05, 0) is 54.3 Å². The maximum atomic E-state index is 11.6. The Labute approximate surface area is 216 Å². The Morgan fingerprint density at radius 1 is 1.03 bits per heavy atom. The van der Waals surface area contributed by atoms with Crippen molar-refractivity contribution in [1.82, 2.24) is 9.88 Å². The van der Waals surface area contributed by atoms with Gasteiger partial charge in [-0.25, -0.2) is 19.4 Å². The predicted octanol–water partition coefficient (Wildman–Crippen LogP) is 4.53. The fourth-order valence-electron chi connectivity index (χ4n) is 3.03. The van der Waals surface area contributed by atoms with E-state index in [2.05, 4.69) is 32.0 Å². The first-order chi connectivity index (χ1) is 17.4. The molecule has 0 atom stereocenters. The van der Waals surface area contributed by atoms with Gasteiger partial charge in [0.2, 0.25) is 0 Å². The molecule has 0 saturated carbocycles. The van der Waals surface area contributed by atoms with E-state index in [1.165, 1.54) is 5.56 Å². The number of fused-ring (bicyclic) bond motifs is 1. The zero-order chi connectivity index (χ0) is 29.3. The molecule has 16 heteroatoms. The molecule has 0 spiro atoms. The number of rotatable bonds is 5. The van der Waals surface area contributed by atoms with Crippen LogP contribution in [0, 0.1) is 0 Å². The lowest BCUT2D eigenvalue weighted by atomic mass is 10.1. The van der Waals surface area contributed by atoms with Crippen LogP contribution in [0.15, 0.2) is 22.9 Å². The van der Waals surface area contributed by atoms with Crippen LogP contribution in [0.25, 0.3) is 0 Å². The van der Waals surface area contributed by atoms with E-state index in [9.17, 15) is 36.2 Å². The van der Waals surface area contributed by atoms with Gasteiger partial charge in [0.1, 0.15) is 11.4 Å². The smallest absolute Gasteiger partial charge is 0.478 e. The lowest BCUT2D eigenvalue weighted by Crippen LogP contribution is -2.25. The predicted molar refractivity (Wildman–Crippen MR) is 124 cm³/mol. The SMILES string of the molecule is CC(C)Nc1nc2c(cc1C(=O)O)CCN(Cc1ccsc1)CC2.O=C(O)C(F)(F)F.O=C(O)C(F)(F)F. The van der Waals surface area contributed by atoms with Gasteiger partial charge in [0.05, 0.1) is 0 Å². The number of nitrogens with one attached hydrogen (secondary N) is 1. The molecule has 0 unspecified atom stereocenters. The number of thiophene rings is 1. The van der Waals surface area contributed by atoms with E-state index >= 15 is 0 Å². The van der Waals surface area contributed by atoms with E-state index < -0.39 is 30.3 Å². The zero-order valence-corrected chi connectivity index (χ0v) is 20.9. The molecule has 0 saturated heterocycles. The summed E-state index contributed by atoms with van der Waals surface area (Å²) in [7, 11) is 0. The van der Waals surface area contributed by atoms with Crippen LogP contribution in [0.2, 0.25) is 0 Å². The highest BCUT2D eigenvalue weighted by atomic mass is 32.1. The number of nitrogens with zero attached hydrogens (tertiary/aromatic N) is 2. The van der Waals surface area contributed by atoms with E-state index in [4.69, 9.17) is 19.8 Å². The monoisotopic (exact) mass is 573 g/mol. The number of aliphatic carboxylic acids is 2. The minimum absolute atomic E-state index is 0.148. The molecule has 0 fully saturated rings. The summed E-state index contributed by atoms with van der Waals surface area (Å²) in [5, 5.41) is 31.2. The van der Waals surface area contributed by atoms with E-state index in [-0.39, 0.29) is 11.6 Å². The fraction of sp³-hybridized carbons (Fsp3) is 0.455.